The molecule has 1 unspecified atom stereocenters. The summed E-state index contributed by atoms with van der Waals surface area (Å²) in [7, 11) is 0. The molecule has 6 heteroatoms. The SMILES string of the molecule is Cc1nc(C2CCCN2Cc2ccc(F)cc2)ccc1C(=O)NCc1ccc(F)cc1. The van der Waals surface area contributed by atoms with Crippen molar-refractivity contribution in [2.75, 3.05) is 6.54 Å². The van der Waals surface area contributed by atoms with Crippen LogP contribution in [0, 0.1) is 18.6 Å². The molecule has 31 heavy (non-hydrogen) atoms. The van der Waals surface area contributed by atoms with E-state index in [9.17, 15) is 13.6 Å². The first-order valence-electron chi connectivity index (χ1n) is 10.5. The number of rotatable bonds is 6. The van der Waals surface area contributed by atoms with E-state index in [2.05, 4.69) is 10.2 Å². The number of benzene rings is 2. The lowest BCUT2D eigenvalue weighted by Gasteiger charge is -2.24. The number of nitrogens with one attached hydrogen (secondary N) is 1. The van der Waals surface area contributed by atoms with Gasteiger partial charge in [0.05, 0.1) is 23.0 Å². The van der Waals surface area contributed by atoms with Crippen LogP contribution >= 0.6 is 0 Å². The first-order valence-corrected chi connectivity index (χ1v) is 10.5. The van der Waals surface area contributed by atoms with E-state index < -0.39 is 0 Å². The van der Waals surface area contributed by atoms with Gasteiger partial charge in [0.2, 0.25) is 0 Å². The summed E-state index contributed by atoms with van der Waals surface area (Å²) in [4.78, 5) is 19.7. The van der Waals surface area contributed by atoms with Gasteiger partial charge in [-0.1, -0.05) is 24.3 Å². The van der Waals surface area contributed by atoms with Crippen LogP contribution in [0.1, 0.15) is 51.8 Å². The topological polar surface area (TPSA) is 45.2 Å². The van der Waals surface area contributed by atoms with Crippen LogP contribution in [-0.4, -0.2) is 22.3 Å². The molecule has 1 atom stereocenters. The molecule has 4 rings (SSSR count). The fourth-order valence-corrected chi connectivity index (χ4v) is 4.06. The minimum Gasteiger partial charge on any atom is -0.348 e. The molecule has 4 nitrogen and oxygen atoms in total. The first-order chi connectivity index (χ1) is 15.0. The van der Waals surface area contributed by atoms with Crippen molar-refractivity contribution in [2.45, 2.75) is 38.9 Å². The lowest BCUT2D eigenvalue weighted by Crippen LogP contribution is -2.26. The third kappa shape index (κ3) is 5.14. The van der Waals surface area contributed by atoms with Crippen molar-refractivity contribution in [1.82, 2.24) is 15.2 Å². The normalized spacial score (nSPS) is 16.4. The minimum absolute atomic E-state index is 0.181. The van der Waals surface area contributed by atoms with Gasteiger partial charge in [-0.25, -0.2) is 8.78 Å². The van der Waals surface area contributed by atoms with Crippen LogP contribution in [-0.2, 0) is 13.1 Å². The summed E-state index contributed by atoms with van der Waals surface area (Å²) in [5, 5.41) is 2.87. The van der Waals surface area contributed by atoms with Crippen LogP contribution in [0.3, 0.4) is 0 Å². The van der Waals surface area contributed by atoms with Gasteiger partial charge >= 0.3 is 0 Å². The van der Waals surface area contributed by atoms with Crippen LogP contribution < -0.4 is 5.32 Å². The average Bonchev–Trinajstić information content (AvgIpc) is 3.23. The Morgan fingerprint density at radius 1 is 1.00 bits per heavy atom. The molecule has 1 saturated heterocycles. The number of nitrogens with zero attached hydrogens (tertiary/aromatic N) is 2. The Balaban J connectivity index is 1.42. The van der Waals surface area contributed by atoms with E-state index in [1.165, 1.54) is 24.3 Å². The van der Waals surface area contributed by atoms with E-state index in [4.69, 9.17) is 4.98 Å². The highest BCUT2D eigenvalue weighted by Gasteiger charge is 2.27. The Morgan fingerprint density at radius 2 is 1.65 bits per heavy atom. The van der Waals surface area contributed by atoms with E-state index >= 15 is 0 Å². The van der Waals surface area contributed by atoms with Gasteiger partial charge in [-0.2, -0.15) is 0 Å². The molecule has 0 aliphatic carbocycles. The van der Waals surface area contributed by atoms with Gasteiger partial charge in [0.1, 0.15) is 11.6 Å². The van der Waals surface area contributed by atoms with Crippen molar-refractivity contribution in [1.29, 1.82) is 0 Å². The highest BCUT2D eigenvalue weighted by molar-refractivity contribution is 5.95. The summed E-state index contributed by atoms with van der Waals surface area (Å²) in [6.07, 6.45) is 2.08. The van der Waals surface area contributed by atoms with E-state index in [-0.39, 0.29) is 23.6 Å². The number of likely N-dealkylation sites (tertiary alicyclic amines) is 1. The van der Waals surface area contributed by atoms with Crippen LogP contribution in [0.15, 0.2) is 60.7 Å². The smallest absolute Gasteiger partial charge is 0.253 e. The fraction of sp³-hybridized carbons (Fsp3) is 0.280. The molecule has 0 saturated carbocycles. The average molecular weight is 421 g/mol. The van der Waals surface area contributed by atoms with Gasteiger partial charge in [0.25, 0.3) is 5.91 Å². The van der Waals surface area contributed by atoms with Crippen LogP contribution in [0.5, 0.6) is 0 Å². The van der Waals surface area contributed by atoms with E-state index in [0.717, 1.165) is 42.8 Å². The Hall–Kier alpha value is -3.12. The zero-order valence-electron chi connectivity index (χ0n) is 17.4. The molecule has 1 N–H and O–H groups in total. The van der Waals surface area contributed by atoms with E-state index in [1.807, 2.05) is 31.2 Å². The van der Waals surface area contributed by atoms with E-state index in [0.29, 0.717) is 17.8 Å². The molecule has 2 aromatic carbocycles. The number of halogens is 2. The summed E-state index contributed by atoms with van der Waals surface area (Å²) in [6.45, 7) is 3.87. The summed E-state index contributed by atoms with van der Waals surface area (Å²) >= 11 is 0. The summed E-state index contributed by atoms with van der Waals surface area (Å²) in [5.41, 5.74) is 4.07. The van der Waals surface area contributed by atoms with Gasteiger partial charge in [-0.05, 0) is 73.8 Å². The molecule has 1 amide bonds. The van der Waals surface area contributed by atoms with E-state index in [1.54, 1.807) is 12.1 Å². The molecule has 2 heterocycles. The van der Waals surface area contributed by atoms with Crippen molar-refractivity contribution in [2.24, 2.45) is 0 Å². The maximum Gasteiger partial charge on any atom is 0.253 e. The number of hydrogen-bond acceptors (Lipinski definition) is 3. The van der Waals surface area contributed by atoms with Crippen molar-refractivity contribution < 1.29 is 13.6 Å². The Bertz CT molecular complexity index is 1050. The Kier molecular flexibility index (Phi) is 6.37. The van der Waals surface area contributed by atoms with Crippen molar-refractivity contribution >= 4 is 5.91 Å². The van der Waals surface area contributed by atoms with Crippen LogP contribution in [0.4, 0.5) is 8.78 Å². The van der Waals surface area contributed by atoms with Crippen molar-refractivity contribution in [3.05, 3.63) is 100 Å². The third-order valence-electron chi connectivity index (χ3n) is 5.72. The van der Waals surface area contributed by atoms with Crippen LogP contribution in [0.25, 0.3) is 0 Å². The predicted molar refractivity (Wildman–Crippen MR) is 115 cm³/mol. The molecule has 0 spiro atoms. The summed E-state index contributed by atoms with van der Waals surface area (Å²) < 4.78 is 26.2. The van der Waals surface area contributed by atoms with Gasteiger partial charge in [0.15, 0.2) is 0 Å². The number of carbonyl (C=O) groups excluding carboxylic acids is 1. The highest BCUT2D eigenvalue weighted by Crippen LogP contribution is 2.32. The molecule has 160 valence electrons. The largest absolute Gasteiger partial charge is 0.348 e. The number of carbonyl (C=O) groups is 1. The zero-order chi connectivity index (χ0) is 21.8. The number of aromatic nitrogens is 1. The zero-order valence-corrected chi connectivity index (χ0v) is 17.4. The lowest BCUT2D eigenvalue weighted by atomic mass is 10.1. The second-order valence-electron chi connectivity index (χ2n) is 7.93. The molecule has 1 aromatic heterocycles. The summed E-state index contributed by atoms with van der Waals surface area (Å²) in [5.74, 6) is -0.728. The molecule has 1 aliphatic rings. The quantitative estimate of drug-likeness (QED) is 0.614. The first kappa shape index (κ1) is 21.1. The van der Waals surface area contributed by atoms with Crippen molar-refractivity contribution in [3.8, 4) is 0 Å². The van der Waals surface area contributed by atoms with Crippen molar-refractivity contribution in [3.63, 3.8) is 0 Å². The predicted octanol–water partition coefficient (Wildman–Crippen LogP) is 4.94. The molecule has 0 bridgehead atoms. The Morgan fingerprint density at radius 3 is 2.29 bits per heavy atom. The summed E-state index contributed by atoms with van der Waals surface area (Å²) in [6, 6.07) is 16.6. The number of aryl methyl sites for hydroxylation is 1. The van der Waals surface area contributed by atoms with Crippen LogP contribution in [0.2, 0.25) is 0 Å². The number of amides is 1. The molecule has 0 radical (unpaired) electrons. The van der Waals surface area contributed by atoms with Gasteiger partial charge in [-0.15, -0.1) is 0 Å². The highest BCUT2D eigenvalue weighted by atomic mass is 19.1. The molecular weight excluding hydrogens is 396 g/mol. The third-order valence-corrected chi connectivity index (χ3v) is 5.72. The maximum absolute atomic E-state index is 13.2. The number of pyridine rings is 1. The lowest BCUT2D eigenvalue weighted by molar-refractivity contribution is 0.0949. The molecule has 1 aliphatic heterocycles. The number of hydrogen-bond donors (Lipinski definition) is 1. The Labute approximate surface area is 180 Å². The molecule has 1 fully saturated rings. The molecular formula is C25H25F2N3O. The minimum atomic E-state index is -0.300. The monoisotopic (exact) mass is 421 g/mol. The fourth-order valence-electron chi connectivity index (χ4n) is 4.06. The molecule has 3 aromatic rings. The second-order valence-corrected chi connectivity index (χ2v) is 7.93. The van der Waals surface area contributed by atoms with Gasteiger partial charge in [-0.3, -0.25) is 14.7 Å². The maximum atomic E-state index is 13.2. The van der Waals surface area contributed by atoms with Gasteiger partial charge in [0, 0.05) is 13.1 Å². The van der Waals surface area contributed by atoms with Gasteiger partial charge < -0.3 is 5.32 Å². The standard InChI is InChI=1S/C25H25F2N3O/c1-17-22(25(31)28-15-18-4-8-20(26)9-5-18)12-13-23(29-17)24-3-2-14-30(24)16-19-6-10-21(27)11-7-19/h4-13,24H,2-3,14-16H2,1H3,(H,28,31). The second kappa shape index (κ2) is 9.35.